The number of hydrogen-bond donors (Lipinski definition) is 0. The Morgan fingerprint density at radius 1 is 1.06 bits per heavy atom. The molecule has 8 heteroatoms. The molecule has 0 saturated heterocycles. The fourth-order valence-corrected chi connectivity index (χ4v) is 5.55. The van der Waals surface area contributed by atoms with Crippen molar-refractivity contribution in [3.8, 4) is 17.2 Å². The summed E-state index contributed by atoms with van der Waals surface area (Å²) in [5.41, 5.74) is 3.43. The summed E-state index contributed by atoms with van der Waals surface area (Å²) >= 11 is 4.95. The molecular weight excluding hydrogens is 540 g/mol. The van der Waals surface area contributed by atoms with E-state index in [1.165, 1.54) is 11.3 Å². The number of hydrogen-bond acceptors (Lipinski definition) is 6. The van der Waals surface area contributed by atoms with Crippen LogP contribution in [0.4, 0.5) is 0 Å². The third kappa shape index (κ3) is 4.74. The van der Waals surface area contributed by atoms with Gasteiger partial charge in [0.15, 0.2) is 16.5 Å². The minimum Gasteiger partial charge on any atom is -0.493 e. The van der Waals surface area contributed by atoms with E-state index in [1.54, 1.807) is 11.5 Å². The lowest BCUT2D eigenvalue weighted by molar-refractivity contribution is 0.209. The lowest BCUT2D eigenvalue weighted by Gasteiger charge is -2.15. The van der Waals surface area contributed by atoms with E-state index >= 15 is 0 Å². The van der Waals surface area contributed by atoms with E-state index in [1.807, 2.05) is 72.8 Å². The van der Waals surface area contributed by atoms with Gasteiger partial charge in [-0.2, -0.15) is 0 Å². The van der Waals surface area contributed by atoms with Crippen molar-refractivity contribution in [3.05, 3.63) is 104 Å². The Kier molecular flexibility index (Phi) is 7.06. The highest BCUT2D eigenvalue weighted by Crippen LogP contribution is 2.37. The molecule has 0 saturated carbocycles. The molecule has 0 bridgehead atoms. The normalized spacial score (nSPS) is 11.8. The highest BCUT2D eigenvalue weighted by Gasteiger charge is 2.14. The number of aromatic nitrogens is 2. The summed E-state index contributed by atoms with van der Waals surface area (Å²) in [4.78, 5) is 18.3. The van der Waals surface area contributed by atoms with E-state index in [0.717, 1.165) is 38.8 Å². The molecule has 3 aromatic carbocycles. The predicted octanol–water partition coefficient (Wildman–Crippen LogP) is 5.41. The van der Waals surface area contributed by atoms with Crippen LogP contribution < -0.4 is 24.3 Å². The highest BCUT2D eigenvalue weighted by molar-refractivity contribution is 9.10. The van der Waals surface area contributed by atoms with Gasteiger partial charge < -0.3 is 14.2 Å². The van der Waals surface area contributed by atoms with E-state index in [-0.39, 0.29) is 5.56 Å². The highest BCUT2D eigenvalue weighted by atomic mass is 79.9. The monoisotopic (exact) mass is 562 g/mol. The third-order valence-electron chi connectivity index (χ3n) is 5.62. The molecule has 0 spiro atoms. The molecule has 36 heavy (non-hydrogen) atoms. The molecule has 0 fully saturated rings. The van der Waals surface area contributed by atoms with Gasteiger partial charge in [0.05, 0.1) is 27.1 Å². The Balaban J connectivity index is 1.36. The van der Waals surface area contributed by atoms with Crippen LogP contribution in [-0.2, 0) is 6.42 Å². The predicted molar refractivity (Wildman–Crippen MR) is 148 cm³/mol. The average molecular weight is 563 g/mol. The van der Waals surface area contributed by atoms with Gasteiger partial charge in [-0.15, -0.1) is 6.58 Å². The number of methoxy groups -OCH3 is 1. The van der Waals surface area contributed by atoms with Crippen LogP contribution in [0.25, 0.3) is 22.1 Å². The first-order chi connectivity index (χ1) is 17.6. The summed E-state index contributed by atoms with van der Waals surface area (Å²) in [6, 6.07) is 19.3. The Bertz CT molecular complexity index is 1670. The number of nitrogens with zero attached hydrogens (tertiary/aromatic N) is 2. The van der Waals surface area contributed by atoms with Crippen LogP contribution in [0.2, 0.25) is 0 Å². The second-order valence-electron chi connectivity index (χ2n) is 7.97. The number of ether oxygens (including phenoxy) is 3. The molecule has 0 aliphatic heterocycles. The minimum atomic E-state index is -0.0898. The Hall–Kier alpha value is -3.62. The molecule has 5 rings (SSSR count). The summed E-state index contributed by atoms with van der Waals surface area (Å²) in [5, 5.41) is 0. The van der Waals surface area contributed by atoms with Gasteiger partial charge in [0.25, 0.3) is 5.56 Å². The maximum atomic E-state index is 13.1. The van der Waals surface area contributed by atoms with Crippen LogP contribution in [0, 0.1) is 0 Å². The zero-order chi connectivity index (χ0) is 25.1. The minimum absolute atomic E-state index is 0.0898. The number of benzene rings is 3. The van der Waals surface area contributed by atoms with Crippen LogP contribution in [-0.4, -0.2) is 29.7 Å². The maximum absolute atomic E-state index is 13.1. The van der Waals surface area contributed by atoms with Gasteiger partial charge in [0.1, 0.15) is 19.0 Å². The average Bonchev–Trinajstić information content (AvgIpc) is 3.39. The first-order valence-electron chi connectivity index (χ1n) is 11.3. The maximum Gasteiger partial charge on any atom is 0.274 e. The zero-order valence-corrected chi connectivity index (χ0v) is 22.0. The number of allylic oxidation sites excluding steroid dienone is 1. The SMILES string of the molecule is C=CCc1ccccc1OCCOc1c(Br)cc(/C=c2\sc3nc4ccccc4n3c2=O)cc1OC. The van der Waals surface area contributed by atoms with E-state index in [4.69, 9.17) is 14.2 Å². The van der Waals surface area contributed by atoms with Gasteiger partial charge in [0, 0.05) is 0 Å². The lowest BCUT2D eigenvalue weighted by Crippen LogP contribution is -2.22. The van der Waals surface area contributed by atoms with Gasteiger partial charge >= 0.3 is 0 Å². The second kappa shape index (κ2) is 10.6. The van der Waals surface area contributed by atoms with Crippen molar-refractivity contribution in [1.82, 2.24) is 9.38 Å². The Morgan fingerprint density at radius 2 is 1.83 bits per heavy atom. The molecule has 6 nitrogen and oxygen atoms in total. The first-order valence-corrected chi connectivity index (χ1v) is 12.9. The molecule has 0 amide bonds. The van der Waals surface area contributed by atoms with E-state index in [0.29, 0.717) is 34.2 Å². The molecule has 0 unspecified atom stereocenters. The van der Waals surface area contributed by atoms with Crippen LogP contribution in [0.5, 0.6) is 17.2 Å². The van der Waals surface area contributed by atoms with Crippen molar-refractivity contribution in [3.63, 3.8) is 0 Å². The lowest BCUT2D eigenvalue weighted by atomic mass is 10.1. The van der Waals surface area contributed by atoms with E-state index < -0.39 is 0 Å². The van der Waals surface area contributed by atoms with Crippen molar-refractivity contribution in [2.45, 2.75) is 6.42 Å². The molecule has 0 aliphatic carbocycles. The number of halogens is 1. The van der Waals surface area contributed by atoms with Crippen LogP contribution in [0.3, 0.4) is 0 Å². The quantitative estimate of drug-likeness (QED) is 0.177. The van der Waals surface area contributed by atoms with E-state index in [2.05, 4.69) is 27.5 Å². The Labute approximate surface area is 220 Å². The summed E-state index contributed by atoms with van der Waals surface area (Å²) in [6.07, 6.45) is 4.43. The van der Waals surface area contributed by atoms with Crippen molar-refractivity contribution < 1.29 is 14.2 Å². The van der Waals surface area contributed by atoms with Crippen molar-refractivity contribution >= 4 is 49.3 Å². The summed E-state index contributed by atoms with van der Waals surface area (Å²) in [7, 11) is 1.59. The fourth-order valence-electron chi connectivity index (χ4n) is 3.99. The van der Waals surface area contributed by atoms with Crippen molar-refractivity contribution in [2.75, 3.05) is 20.3 Å². The largest absolute Gasteiger partial charge is 0.493 e. The molecule has 5 aromatic rings. The topological polar surface area (TPSA) is 62.1 Å². The molecule has 0 aliphatic rings. The summed E-state index contributed by atoms with van der Waals surface area (Å²) in [6.45, 7) is 4.51. The fraction of sp³-hybridized carbons (Fsp3) is 0.143. The molecule has 182 valence electrons. The smallest absolute Gasteiger partial charge is 0.274 e. The van der Waals surface area contributed by atoms with Crippen LogP contribution >= 0.6 is 27.3 Å². The van der Waals surface area contributed by atoms with Crippen molar-refractivity contribution in [2.24, 2.45) is 0 Å². The number of imidazole rings is 1. The van der Waals surface area contributed by atoms with E-state index in [9.17, 15) is 4.79 Å². The zero-order valence-electron chi connectivity index (χ0n) is 19.6. The van der Waals surface area contributed by atoms with Gasteiger partial charge in [-0.1, -0.05) is 47.7 Å². The van der Waals surface area contributed by atoms with Gasteiger partial charge in [-0.25, -0.2) is 9.38 Å². The van der Waals surface area contributed by atoms with Gasteiger partial charge in [-0.05, 0) is 69.9 Å². The van der Waals surface area contributed by atoms with Crippen LogP contribution in [0.1, 0.15) is 11.1 Å². The van der Waals surface area contributed by atoms with Crippen molar-refractivity contribution in [1.29, 1.82) is 0 Å². The van der Waals surface area contributed by atoms with Crippen LogP contribution in [0.15, 0.2) is 82.6 Å². The molecular formula is C28H23BrN2O4S. The van der Waals surface area contributed by atoms with Gasteiger partial charge in [0.2, 0.25) is 0 Å². The molecule has 0 atom stereocenters. The summed E-state index contributed by atoms with van der Waals surface area (Å²) in [5.74, 6) is 1.95. The number of fused-ring (bicyclic) bond motifs is 3. The third-order valence-corrected chi connectivity index (χ3v) is 7.18. The standard InChI is InChI=1S/C28H23BrN2O4S/c1-3-8-19-9-4-7-12-23(19)34-13-14-35-26-20(29)15-18(16-24(26)33-2)17-25-27(32)31-22-11-6-5-10-21(22)30-28(31)36-25/h3-7,9-12,15-17H,1,8,13-14H2,2H3/b25-17-. The number of para-hydroxylation sites is 3. The number of rotatable bonds is 9. The summed E-state index contributed by atoms with van der Waals surface area (Å²) < 4.78 is 20.5. The Morgan fingerprint density at radius 3 is 2.67 bits per heavy atom. The molecule has 0 N–H and O–H groups in total. The molecule has 0 radical (unpaired) electrons. The molecule has 2 aromatic heterocycles. The first kappa shape index (κ1) is 24.1. The molecule has 2 heterocycles. The number of thiazole rings is 1. The second-order valence-corrected chi connectivity index (χ2v) is 9.83. The van der Waals surface area contributed by atoms with Gasteiger partial charge in [-0.3, -0.25) is 4.79 Å².